The molecule has 0 aromatic rings. The van der Waals surface area contributed by atoms with Crippen molar-refractivity contribution in [1.29, 1.82) is 0 Å². The van der Waals surface area contributed by atoms with Crippen molar-refractivity contribution in [1.82, 2.24) is 10.6 Å². The van der Waals surface area contributed by atoms with E-state index in [1.54, 1.807) is 0 Å². The fourth-order valence-electron chi connectivity index (χ4n) is 3.30. The molecule has 1 spiro atoms. The summed E-state index contributed by atoms with van der Waals surface area (Å²) in [5, 5.41) is 6.31. The van der Waals surface area contributed by atoms with Gasteiger partial charge in [0.2, 0.25) is 0 Å². The summed E-state index contributed by atoms with van der Waals surface area (Å²) in [6, 6.07) is 0. The number of halogens is 3. The molecular formula is C12H19F3N2. The van der Waals surface area contributed by atoms with Gasteiger partial charge in [0.25, 0.3) is 0 Å². The molecule has 0 atom stereocenters. The van der Waals surface area contributed by atoms with Crippen LogP contribution in [0.4, 0.5) is 13.2 Å². The van der Waals surface area contributed by atoms with Crippen molar-refractivity contribution < 1.29 is 13.2 Å². The van der Waals surface area contributed by atoms with Gasteiger partial charge >= 0.3 is 6.18 Å². The van der Waals surface area contributed by atoms with Crippen LogP contribution in [-0.4, -0.2) is 32.4 Å². The van der Waals surface area contributed by atoms with Crippen LogP contribution in [0.15, 0.2) is 0 Å². The Hall–Kier alpha value is -0.290. The van der Waals surface area contributed by atoms with Gasteiger partial charge in [-0.25, -0.2) is 0 Å². The molecule has 2 nitrogen and oxygen atoms in total. The van der Waals surface area contributed by atoms with Gasteiger partial charge in [-0.05, 0) is 43.6 Å². The lowest BCUT2D eigenvalue weighted by molar-refractivity contribution is -0.185. The van der Waals surface area contributed by atoms with Crippen molar-refractivity contribution in [3.05, 3.63) is 0 Å². The second-order valence-electron chi connectivity index (χ2n) is 6.29. The highest BCUT2D eigenvalue weighted by Crippen LogP contribution is 2.57. The molecular weight excluding hydrogens is 229 g/mol. The maximum atomic E-state index is 12.7. The molecule has 0 aromatic heterocycles. The van der Waals surface area contributed by atoms with E-state index in [1.165, 1.54) is 12.8 Å². The Morgan fingerprint density at radius 3 is 2.24 bits per heavy atom. The molecule has 0 aromatic carbocycles. The molecule has 2 saturated carbocycles. The zero-order valence-corrected chi connectivity index (χ0v) is 9.87. The predicted octanol–water partition coefficient (Wildman–Crippen LogP) is 1.92. The summed E-state index contributed by atoms with van der Waals surface area (Å²) < 4.78 is 38.0. The predicted molar refractivity (Wildman–Crippen MR) is 58.6 cm³/mol. The molecule has 1 saturated heterocycles. The van der Waals surface area contributed by atoms with Crippen molar-refractivity contribution in [2.75, 3.05) is 26.2 Å². The van der Waals surface area contributed by atoms with Gasteiger partial charge in [0.1, 0.15) is 0 Å². The summed E-state index contributed by atoms with van der Waals surface area (Å²) in [7, 11) is 0. The summed E-state index contributed by atoms with van der Waals surface area (Å²) in [5.41, 5.74) is -0.861. The molecule has 2 N–H and O–H groups in total. The van der Waals surface area contributed by atoms with Gasteiger partial charge in [0, 0.05) is 19.6 Å². The largest absolute Gasteiger partial charge is 0.395 e. The van der Waals surface area contributed by atoms with Crippen molar-refractivity contribution in [2.24, 2.45) is 16.7 Å². The molecule has 1 heterocycles. The average Bonchev–Trinajstić information content (AvgIpc) is 2.85. The molecule has 3 rings (SSSR count). The Labute approximate surface area is 99.3 Å². The van der Waals surface area contributed by atoms with E-state index in [-0.39, 0.29) is 6.54 Å². The third-order valence-corrected chi connectivity index (χ3v) is 4.79. The van der Waals surface area contributed by atoms with Gasteiger partial charge in [-0.15, -0.1) is 0 Å². The summed E-state index contributed by atoms with van der Waals surface area (Å²) >= 11 is 0. The number of rotatable bonds is 4. The third-order valence-electron chi connectivity index (χ3n) is 4.79. The molecule has 17 heavy (non-hydrogen) atoms. The molecule has 5 heteroatoms. The fraction of sp³-hybridized carbons (Fsp3) is 1.00. The van der Waals surface area contributed by atoms with E-state index in [4.69, 9.17) is 0 Å². The number of alkyl halides is 3. The van der Waals surface area contributed by atoms with E-state index in [0.717, 1.165) is 19.6 Å². The highest BCUT2D eigenvalue weighted by molar-refractivity contribution is 5.04. The first-order chi connectivity index (χ1) is 7.95. The Morgan fingerprint density at radius 1 is 1.18 bits per heavy atom. The molecule has 3 fully saturated rings. The van der Waals surface area contributed by atoms with E-state index >= 15 is 0 Å². The van der Waals surface area contributed by atoms with Crippen LogP contribution in [0.25, 0.3) is 0 Å². The molecule has 3 aliphatic rings. The average molecular weight is 248 g/mol. The maximum absolute atomic E-state index is 12.7. The van der Waals surface area contributed by atoms with Crippen molar-refractivity contribution in [3.63, 3.8) is 0 Å². The zero-order valence-electron chi connectivity index (χ0n) is 9.87. The lowest BCUT2D eigenvalue weighted by Gasteiger charge is -2.54. The minimum absolute atomic E-state index is 0.123. The van der Waals surface area contributed by atoms with E-state index < -0.39 is 11.6 Å². The Bertz CT molecular complexity index is 297. The lowest BCUT2D eigenvalue weighted by Crippen LogP contribution is -2.61. The molecule has 0 unspecified atom stereocenters. The van der Waals surface area contributed by atoms with E-state index in [0.29, 0.717) is 24.2 Å². The lowest BCUT2D eigenvalue weighted by atomic mass is 9.58. The Morgan fingerprint density at radius 2 is 1.82 bits per heavy atom. The van der Waals surface area contributed by atoms with Crippen LogP contribution in [0.1, 0.15) is 25.7 Å². The van der Waals surface area contributed by atoms with Gasteiger partial charge in [0.15, 0.2) is 0 Å². The highest BCUT2D eigenvalue weighted by atomic mass is 19.4. The molecule has 1 aliphatic heterocycles. The summed E-state index contributed by atoms with van der Waals surface area (Å²) in [5.74, 6) is 0.598. The van der Waals surface area contributed by atoms with Crippen molar-refractivity contribution in [3.8, 4) is 0 Å². The van der Waals surface area contributed by atoms with Crippen LogP contribution >= 0.6 is 0 Å². The first kappa shape index (κ1) is 11.8. The van der Waals surface area contributed by atoms with Crippen LogP contribution in [0.3, 0.4) is 0 Å². The quantitative estimate of drug-likeness (QED) is 0.794. The smallest absolute Gasteiger partial charge is 0.316 e. The summed E-state index contributed by atoms with van der Waals surface area (Å²) in [6.45, 7) is 3.10. The van der Waals surface area contributed by atoms with E-state index in [2.05, 4.69) is 10.6 Å². The van der Waals surface area contributed by atoms with Gasteiger partial charge in [-0.1, -0.05) is 0 Å². The van der Waals surface area contributed by atoms with Crippen LogP contribution in [-0.2, 0) is 0 Å². The topological polar surface area (TPSA) is 24.1 Å². The molecule has 0 amide bonds. The minimum atomic E-state index is -4.02. The first-order valence-corrected chi connectivity index (χ1v) is 6.43. The van der Waals surface area contributed by atoms with Gasteiger partial charge in [0.05, 0.1) is 5.41 Å². The highest BCUT2D eigenvalue weighted by Gasteiger charge is 2.62. The standard InChI is InChI=1S/C12H19F3N2/c13-12(14,15)11(1-2-11)8-16-5-9-3-10(4-9)6-17-7-10/h9,16-17H,1-8H2. The summed E-state index contributed by atoms with van der Waals surface area (Å²) in [4.78, 5) is 0. The minimum Gasteiger partial charge on any atom is -0.316 e. The monoisotopic (exact) mass is 248 g/mol. The van der Waals surface area contributed by atoms with Crippen LogP contribution in [0.2, 0.25) is 0 Å². The van der Waals surface area contributed by atoms with Crippen molar-refractivity contribution >= 4 is 0 Å². The zero-order chi connectivity index (χ0) is 12.1. The van der Waals surface area contributed by atoms with Crippen LogP contribution in [0, 0.1) is 16.7 Å². The second-order valence-corrected chi connectivity index (χ2v) is 6.29. The van der Waals surface area contributed by atoms with Gasteiger partial charge in [-0.2, -0.15) is 13.2 Å². The molecule has 2 aliphatic carbocycles. The number of hydrogen-bond donors (Lipinski definition) is 2. The Balaban J connectivity index is 1.36. The van der Waals surface area contributed by atoms with Gasteiger partial charge in [-0.3, -0.25) is 0 Å². The van der Waals surface area contributed by atoms with Gasteiger partial charge < -0.3 is 10.6 Å². The first-order valence-electron chi connectivity index (χ1n) is 6.43. The number of hydrogen-bond acceptors (Lipinski definition) is 2. The molecule has 0 radical (unpaired) electrons. The third kappa shape index (κ3) is 1.97. The number of nitrogens with one attached hydrogen (secondary N) is 2. The second kappa shape index (κ2) is 3.60. The fourth-order valence-corrected chi connectivity index (χ4v) is 3.30. The normalized spacial score (nSPS) is 29.8. The van der Waals surface area contributed by atoms with Crippen LogP contribution < -0.4 is 10.6 Å². The maximum Gasteiger partial charge on any atom is 0.395 e. The van der Waals surface area contributed by atoms with E-state index in [9.17, 15) is 13.2 Å². The van der Waals surface area contributed by atoms with Crippen LogP contribution in [0.5, 0.6) is 0 Å². The Kier molecular flexibility index (Phi) is 2.50. The summed E-state index contributed by atoms with van der Waals surface area (Å²) in [6.07, 6.45) is -1.03. The SMILES string of the molecule is FC(F)(F)C1(CNCC2CC3(CNC3)C2)CC1. The molecule has 98 valence electrons. The van der Waals surface area contributed by atoms with E-state index in [1.807, 2.05) is 0 Å². The van der Waals surface area contributed by atoms with Crippen molar-refractivity contribution in [2.45, 2.75) is 31.9 Å². The molecule has 0 bridgehead atoms.